The van der Waals surface area contributed by atoms with E-state index in [1.54, 1.807) is 0 Å². The molecule has 1 fully saturated rings. The summed E-state index contributed by atoms with van der Waals surface area (Å²) in [6, 6.07) is -1.04. The van der Waals surface area contributed by atoms with Gasteiger partial charge in [0.1, 0.15) is 18.3 Å². The molecule has 1 heterocycles. The second-order valence-corrected chi connectivity index (χ2v) is 3.78. The third-order valence-corrected chi connectivity index (χ3v) is 1.95. The first kappa shape index (κ1) is 20.8. The lowest BCUT2D eigenvalue weighted by Crippen LogP contribution is -2.61. The molecule has 0 bridgehead atoms. The van der Waals surface area contributed by atoms with Crippen LogP contribution in [0.25, 0.3) is 0 Å². The summed E-state index contributed by atoms with van der Waals surface area (Å²) in [5.74, 6) is -1.17. The highest BCUT2D eigenvalue weighted by atomic mass is 16.6. The van der Waals surface area contributed by atoms with Crippen LogP contribution in [0.5, 0.6) is 0 Å². The van der Waals surface area contributed by atoms with Crippen molar-refractivity contribution < 1.29 is 35.1 Å². The summed E-state index contributed by atoms with van der Waals surface area (Å²) in [6.45, 7) is 0.613. The normalized spacial score (nSPS) is 32.0. The van der Waals surface area contributed by atoms with E-state index in [0.717, 1.165) is 6.92 Å². The van der Waals surface area contributed by atoms with Crippen molar-refractivity contribution in [2.75, 3.05) is 6.61 Å². The zero-order valence-corrected chi connectivity index (χ0v) is 10.9. The molecule has 5 atom stereocenters. The number of aliphatic hydroxyl groups is 4. The molecule has 11 nitrogen and oxygen atoms in total. The van der Waals surface area contributed by atoms with Crippen LogP contribution in [0.4, 0.5) is 0 Å². The van der Waals surface area contributed by atoms with Crippen molar-refractivity contribution in [2.45, 2.75) is 37.6 Å². The largest absolute Gasteiger partial charge is 0.481 e. The molecular formula is C9H22N4O7. The van der Waals surface area contributed by atoms with Crippen molar-refractivity contribution in [3.63, 3.8) is 0 Å². The van der Waals surface area contributed by atoms with Crippen LogP contribution < -0.4 is 17.2 Å². The Morgan fingerprint density at radius 1 is 1.25 bits per heavy atom. The van der Waals surface area contributed by atoms with Gasteiger partial charge < -0.3 is 47.5 Å². The predicted molar refractivity (Wildman–Crippen MR) is 67.4 cm³/mol. The van der Waals surface area contributed by atoms with E-state index in [9.17, 15) is 10.2 Å². The summed E-state index contributed by atoms with van der Waals surface area (Å²) >= 11 is 0. The van der Waals surface area contributed by atoms with Crippen LogP contribution >= 0.6 is 0 Å². The quantitative estimate of drug-likeness (QED) is 0.167. The molecule has 12 N–H and O–H groups in total. The number of hydrogen-bond acceptors (Lipinski definition) is 8. The van der Waals surface area contributed by atoms with Gasteiger partial charge in [0.25, 0.3) is 5.97 Å². The first-order valence-corrected chi connectivity index (χ1v) is 5.39. The van der Waals surface area contributed by atoms with Crippen LogP contribution in [0, 0.1) is 5.41 Å². The molecular weight excluding hydrogens is 276 g/mol. The summed E-state index contributed by atoms with van der Waals surface area (Å²) in [5.41, 5.74) is 14.2. The topological polar surface area (TPSA) is 229 Å². The van der Waals surface area contributed by atoms with E-state index >= 15 is 0 Å². The van der Waals surface area contributed by atoms with Gasteiger partial charge in [-0.05, 0) is 0 Å². The Kier molecular flexibility index (Phi) is 10.7. The number of carboxylic acid groups (broad SMARTS) is 1. The Morgan fingerprint density at radius 3 is 1.90 bits per heavy atom. The summed E-state index contributed by atoms with van der Waals surface area (Å²) in [5, 5.41) is 49.5. The number of aliphatic carboxylic acids is 1. The van der Waals surface area contributed by atoms with Crippen molar-refractivity contribution in [2.24, 2.45) is 17.2 Å². The SMILES string of the molecule is CC(=O)O.N=C(N)N.N[C@@H]1C(O)O[C@H](CO)[C@@H](O)[C@@H]1O. The third-order valence-electron chi connectivity index (χ3n) is 1.95. The van der Waals surface area contributed by atoms with Gasteiger partial charge in [-0.3, -0.25) is 10.2 Å². The van der Waals surface area contributed by atoms with Gasteiger partial charge in [-0.1, -0.05) is 0 Å². The van der Waals surface area contributed by atoms with Crippen molar-refractivity contribution in [3.05, 3.63) is 0 Å². The zero-order chi connectivity index (χ0) is 16.5. The third kappa shape index (κ3) is 9.43. The first-order valence-electron chi connectivity index (χ1n) is 5.39. The molecule has 0 aromatic heterocycles. The van der Waals surface area contributed by atoms with Gasteiger partial charge in [-0.15, -0.1) is 0 Å². The molecule has 0 spiro atoms. The zero-order valence-electron chi connectivity index (χ0n) is 10.9. The highest BCUT2D eigenvalue weighted by Gasteiger charge is 2.41. The number of ether oxygens (including phenoxy) is 1. The smallest absolute Gasteiger partial charge is 0.300 e. The molecule has 0 aliphatic carbocycles. The fraction of sp³-hybridized carbons (Fsp3) is 0.778. The number of guanidine groups is 1. The highest BCUT2D eigenvalue weighted by Crippen LogP contribution is 2.17. The molecule has 0 amide bonds. The van der Waals surface area contributed by atoms with Crippen LogP contribution in [-0.4, -0.2) is 74.7 Å². The Balaban J connectivity index is 0. The lowest BCUT2D eigenvalue weighted by atomic mass is 9.98. The van der Waals surface area contributed by atoms with Crippen molar-refractivity contribution in [3.8, 4) is 0 Å². The van der Waals surface area contributed by atoms with Crippen molar-refractivity contribution >= 4 is 11.9 Å². The molecule has 1 unspecified atom stereocenters. The number of carbonyl (C=O) groups is 1. The summed E-state index contributed by atoms with van der Waals surface area (Å²) in [4.78, 5) is 9.00. The average Bonchev–Trinajstić information content (AvgIpc) is 2.29. The van der Waals surface area contributed by atoms with E-state index in [1.807, 2.05) is 0 Å². The molecule has 0 aromatic rings. The second kappa shape index (κ2) is 10.3. The van der Waals surface area contributed by atoms with Gasteiger partial charge in [-0.2, -0.15) is 0 Å². The minimum Gasteiger partial charge on any atom is -0.481 e. The maximum atomic E-state index is 9.20. The Hall–Kier alpha value is -1.50. The maximum absolute atomic E-state index is 9.20. The van der Waals surface area contributed by atoms with Gasteiger partial charge in [-0.25, -0.2) is 0 Å². The van der Waals surface area contributed by atoms with Gasteiger partial charge in [0.2, 0.25) is 0 Å². The van der Waals surface area contributed by atoms with Crippen molar-refractivity contribution in [1.82, 2.24) is 0 Å². The molecule has 120 valence electrons. The lowest BCUT2D eigenvalue weighted by molar-refractivity contribution is -0.248. The minimum absolute atomic E-state index is 0.333. The number of nitrogens with two attached hydrogens (primary N) is 3. The molecule has 1 aliphatic heterocycles. The molecule has 1 rings (SSSR count). The fourth-order valence-electron chi connectivity index (χ4n) is 1.12. The molecule has 1 saturated heterocycles. The number of aliphatic hydroxyl groups excluding tert-OH is 4. The van der Waals surface area contributed by atoms with Gasteiger partial charge >= 0.3 is 0 Å². The molecule has 0 aromatic carbocycles. The molecule has 20 heavy (non-hydrogen) atoms. The Bertz CT molecular complexity index is 279. The number of nitrogens with one attached hydrogen (secondary N) is 1. The lowest BCUT2D eigenvalue weighted by Gasteiger charge is -2.38. The highest BCUT2D eigenvalue weighted by molar-refractivity contribution is 5.71. The van der Waals surface area contributed by atoms with E-state index in [1.165, 1.54) is 0 Å². The predicted octanol–water partition coefficient (Wildman–Crippen LogP) is -4.33. The van der Waals surface area contributed by atoms with Gasteiger partial charge in [0, 0.05) is 6.92 Å². The van der Waals surface area contributed by atoms with Crippen LogP contribution in [0.15, 0.2) is 0 Å². The number of carboxylic acids is 1. The average molecular weight is 298 g/mol. The van der Waals surface area contributed by atoms with Crippen LogP contribution in [0.2, 0.25) is 0 Å². The number of hydrogen-bond donors (Lipinski definition) is 9. The van der Waals surface area contributed by atoms with E-state index in [4.69, 9.17) is 36.0 Å². The van der Waals surface area contributed by atoms with E-state index in [2.05, 4.69) is 11.5 Å². The van der Waals surface area contributed by atoms with E-state index < -0.39 is 43.2 Å². The summed E-state index contributed by atoms with van der Waals surface area (Å²) in [6.07, 6.45) is -4.85. The first-order chi connectivity index (χ1) is 9.04. The van der Waals surface area contributed by atoms with Crippen LogP contribution in [-0.2, 0) is 9.53 Å². The Morgan fingerprint density at radius 2 is 1.60 bits per heavy atom. The number of rotatable bonds is 1. The standard InChI is InChI=1S/C6H13NO5.C2H4O2.CH5N3/c7-3-5(10)4(9)2(1-8)12-6(3)11;1-2(3)4;2-1(3)4/h2-6,8-11H,1,7H2;1H3,(H,3,4);(H5,2,3,4)/t2-,3+,4-,5-,6?;;/m1../s1. The maximum Gasteiger partial charge on any atom is 0.300 e. The van der Waals surface area contributed by atoms with Gasteiger partial charge in [0.05, 0.1) is 12.6 Å². The molecule has 11 heteroatoms. The molecule has 1 aliphatic rings. The van der Waals surface area contributed by atoms with E-state index in [0.29, 0.717) is 0 Å². The minimum atomic E-state index is -1.35. The summed E-state index contributed by atoms with van der Waals surface area (Å²) < 4.78 is 4.70. The van der Waals surface area contributed by atoms with Crippen LogP contribution in [0.3, 0.4) is 0 Å². The molecule has 0 saturated carbocycles. The van der Waals surface area contributed by atoms with E-state index in [-0.39, 0.29) is 5.96 Å². The van der Waals surface area contributed by atoms with Crippen molar-refractivity contribution in [1.29, 1.82) is 5.41 Å². The monoisotopic (exact) mass is 298 g/mol. The second-order valence-electron chi connectivity index (χ2n) is 3.78. The molecule has 0 radical (unpaired) electrons. The van der Waals surface area contributed by atoms with Gasteiger partial charge in [0.15, 0.2) is 12.2 Å². The fourth-order valence-corrected chi connectivity index (χ4v) is 1.12. The summed E-state index contributed by atoms with van der Waals surface area (Å²) in [7, 11) is 0. The Labute approximate surface area is 115 Å². The van der Waals surface area contributed by atoms with Crippen LogP contribution in [0.1, 0.15) is 6.92 Å².